The Hall–Kier alpha value is -3.93. The zero-order valence-electron chi connectivity index (χ0n) is 20.4. The Bertz CT molecular complexity index is 1420. The number of aryl methyl sites for hydroxylation is 1. The molecule has 190 valence electrons. The van der Waals surface area contributed by atoms with Gasteiger partial charge in [-0.1, -0.05) is 18.2 Å². The standard InChI is InChI=1S/C26H27N7O3S/c1-17-23(26(37-32-17)31-22-16-28-20-7-2-3-8-21(20)30-22)25(35)29-19-6-4-5-18(15-19)24(34)27-9-10-33-11-13-36-14-12-33/h2-8,15-16H,9-14H2,1H3,(H,27,34)(H,29,35)(H,30,31). The van der Waals surface area contributed by atoms with Crippen LogP contribution < -0.4 is 16.0 Å². The third kappa shape index (κ3) is 6.08. The number of para-hydroxylation sites is 2. The van der Waals surface area contributed by atoms with Gasteiger partial charge in [0.2, 0.25) is 0 Å². The average molecular weight is 518 g/mol. The molecule has 3 heterocycles. The van der Waals surface area contributed by atoms with E-state index in [1.165, 1.54) is 11.5 Å². The third-order valence-corrected chi connectivity index (χ3v) is 6.83. The van der Waals surface area contributed by atoms with Crippen LogP contribution in [0, 0.1) is 6.92 Å². The zero-order valence-corrected chi connectivity index (χ0v) is 21.2. The average Bonchev–Trinajstić information content (AvgIpc) is 3.29. The summed E-state index contributed by atoms with van der Waals surface area (Å²) in [5.41, 5.74) is 3.55. The summed E-state index contributed by atoms with van der Waals surface area (Å²) in [5.74, 6) is 0.00879. The Balaban J connectivity index is 1.24. The number of hydrogen-bond donors (Lipinski definition) is 3. The van der Waals surface area contributed by atoms with E-state index in [2.05, 4.69) is 35.2 Å². The predicted molar refractivity (Wildman–Crippen MR) is 144 cm³/mol. The maximum absolute atomic E-state index is 13.2. The Kier molecular flexibility index (Phi) is 7.64. The summed E-state index contributed by atoms with van der Waals surface area (Å²) in [5, 5.41) is 9.58. The van der Waals surface area contributed by atoms with E-state index in [-0.39, 0.29) is 11.8 Å². The monoisotopic (exact) mass is 517 g/mol. The second kappa shape index (κ2) is 11.4. The van der Waals surface area contributed by atoms with Crippen LogP contribution in [0.3, 0.4) is 0 Å². The normalized spacial score (nSPS) is 13.9. The van der Waals surface area contributed by atoms with Gasteiger partial charge < -0.3 is 20.7 Å². The number of benzene rings is 2. The van der Waals surface area contributed by atoms with E-state index in [1.54, 1.807) is 37.4 Å². The Labute approximate surface area is 218 Å². The van der Waals surface area contributed by atoms with Gasteiger partial charge in [-0.2, -0.15) is 4.37 Å². The van der Waals surface area contributed by atoms with Crippen LogP contribution in [-0.4, -0.2) is 70.4 Å². The van der Waals surface area contributed by atoms with E-state index in [4.69, 9.17) is 4.74 Å². The molecule has 0 unspecified atom stereocenters. The van der Waals surface area contributed by atoms with Crippen molar-refractivity contribution in [3.05, 3.63) is 71.5 Å². The minimum atomic E-state index is -0.327. The van der Waals surface area contributed by atoms with Gasteiger partial charge in [0.1, 0.15) is 10.8 Å². The lowest BCUT2D eigenvalue weighted by Gasteiger charge is -2.26. The first kappa shape index (κ1) is 24.8. The fraction of sp³-hybridized carbons (Fsp3) is 0.269. The molecule has 1 aliphatic rings. The van der Waals surface area contributed by atoms with Gasteiger partial charge in [0.15, 0.2) is 0 Å². The Morgan fingerprint density at radius 3 is 2.70 bits per heavy atom. The molecule has 0 spiro atoms. The number of amides is 2. The fourth-order valence-electron chi connectivity index (χ4n) is 4.04. The van der Waals surface area contributed by atoms with Crippen LogP contribution in [0.25, 0.3) is 11.0 Å². The van der Waals surface area contributed by atoms with Gasteiger partial charge in [0.05, 0.1) is 41.7 Å². The molecule has 37 heavy (non-hydrogen) atoms. The lowest BCUT2D eigenvalue weighted by atomic mass is 10.1. The highest BCUT2D eigenvalue weighted by Gasteiger charge is 2.20. The topological polar surface area (TPSA) is 121 Å². The fourth-order valence-corrected chi connectivity index (χ4v) is 4.84. The van der Waals surface area contributed by atoms with Gasteiger partial charge in [-0.3, -0.25) is 19.5 Å². The molecule has 0 atom stereocenters. The molecular formula is C26H27N7O3S. The van der Waals surface area contributed by atoms with Crippen LogP contribution in [0.4, 0.5) is 16.5 Å². The van der Waals surface area contributed by atoms with Crippen LogP contribution in [0.2, 0.25) is 0 Å². The highest BCUT2D eigenvalue weighted by Crippen LogP contribution is 2.28. The van der Waals surface area contributed by atoms with Crippen molar-refractivity contribution in [2.24, 2.45) is 0 Å². The molecule has 2 amide bonds. The van der Waals surface area contributed by atoms with Gasteiger partial charge >= 0.3 is 0 Å². The van der Waals surface area contributed by atoms with E-state index in [0.717, 1.165) is 43.9 Å². The van der Waals surface area contributed by atoms with E-state index in [0.29, 0.717) is 39.9 Å². The van der Waals surface area contributed by atoms with Crippen molar-refractivity contribution in [3.63, 3.8) is 0 Å². The van der Waals surface area contributed by atoms with E-state index in [1.807, 2.05) is 24.3 Å². The van der Waals surface area contributed by atoms with E-state index >= 15 is 0 Å². The van der Waals surface area contributed by atoms with E-state index < -0.39 is 0 Å². The summed E-state index contributed by atoms with van der Waals surface area (Å²) in [6, 6.07) is 14.5. The van der Waals surface area contributed by atoms with E-state index in [9.17, 15) is 9.59 Å². The molecule has 1 aliphatic heterocycles. The molecule has 3 N–H and O–H groups in total. The summed E-state index contributed by atoms with van der Waals surface area (Å²) in [7, 11) is 0. The highest BCUT2D eigenvalue weighted by molar-refractivity contribution is 7.10. The van der Waals surface area contributed by atoms with Crippen LogP contribution in [0.5, 0.6) is 0 Å². The SMILES string of the molecule is Cc1nsc(Nc2cnc3ccccc3n2)c1C(=O)Nc1cccc(C(=O)NCCN2CCOCC2)c1. The number of carbonyl (C=O) groups is 2. The molecule has 0 radical (unpaired) electrons. The molecule has 2 aromatic carbocycles. The van der Waals surface area contributed by atoms with Gasteiger partial charge in [-0.15, -0.1) is 0 Å². The molecule has 5 rings (SSSR count). The first-order chi connectivity index (χ1) is 18.1. The first-order valence-electron chi connectivity index (χ1n) is 12.0. The number of nitrogens with one attached hydrogen (secondary N) is 3. The van der Waals surface area contributed by atoms with Crippen LogP contribution in [-0.2, 0) is 4.74 Å². The van der Waals surface area contributed by atoms with Gasteiger partial charge in [0.25, 0.3) is 11.8 Å². The smallest absolute Gasteiger partial charge is 0.260 e. The van der Waals surface area contributed by atoms with Gasteiger partial charge in [-0.25, -0.2) is 4.98 Å². The van der Waals surface area contributed by atoms with Crippen LogP contribution >= 0.6 is 11.5 Å². The first-order valence-corrected chi connectivity index (χ1v) is 12.8. The quantitative estimate of drug-likeness (QED) is 0.325. The molecule has 2 aromatic heterocycles. The maximum atomic E-state index is 13.2. The van der Waals surface area contributed by atoms with Gasteiger partial charge in [0, 0.05) is 37.4 Å². The number of aromatic nitrogens is 3. The molecule has 0 aliphatic carbocycles. The minimum absolute atomic E-state index is 0.185. The highest BCUT2D eigenvalue weighted by atomic mass is 32.1. The molecular weight excluding hydrogens is 490 g/mol. The number of ether oxygens (including phenoxy) is 1. The summed E-state index contributed by atoms with van der Waals surface area (Å²) in [6.07, 6.45) is 1.63. The number of rotatable bonds is 8. The van der Waals surface area contributed by atoms with Crippen molar-refractivity contribution in [2.75, 3.05) is 50.0 Å². The Morgan fingerprint density at radius 1 is 1.05 bits per heavy atom. The van der Waals surface area contributed by atoms with Crippen molar-refractivity contribution < 1.29 is 14.3 Å². The van der Waals surface area contributed by atoms with Crippen molar-refractivity contribution >= 4 is 50.9 Å². The minimum Gasteiger partial charge on any atom is -0.379 e. The molecule has 1 fully saturated rings. The second-order valence-electron chi connectivity index (χ2n) is 8.59. The number of carbonyl (C=O) groups excluding carboxylic acids is 2. The zero-order chi connectivity index (χ0) is 25.6. The summed E-state index contributed by atoms with van der Waals surface area (Å²) < 4.78 is 9.70. The lowest BCUT2D eigenvalue weighted by Crippen LogP contribution is -2.41. The summed E-state index contributed by atoms with van der Waals surface area (Å²) in [4.78, 5) is 37.1. The molecule has 10 nitrogen and oxygen atoms in total. The van der Waals surface area contributed by atoms with Crippen molar-refractivity contribution in [3.8, 4) is 0 Å². The number of anilines is 3. The molecule has 0 bridgehead atoms. The van der Waals surface area contributed by atoms with Crippen molar-refractivity contribution in [2.45, 2.75) is 6.92 Å². The molecule has 4 aromatic rings. The van der Waals surface area contributed by atoms with Crippen molar-refractivity contribution in [1.82, 2.24) is 24.6 Å². The number of morpholine rings is 1. The third-order valence-electron chi connectivity index (χ3n) is 5.98. The van der Waals surface area contributed by atoms with Crippen LogP contribution in [0.15, 0.2) is 54.7 Å². The summed E-state index contributed by atoms with van der Waals surface area (Å²) >= 11 is 1.18. The van der Waals surface area contributed by atoms with Crippen molar-refractivity contribution in [1.29, 1.82) is 0 Å². The Morgan fingerprint density at radius 2 is 1.86 bits per heavy atom. The maximum Gasteiger partial charge on any atom is 0.260 e. The number of nitrogens with zero attached hydrogens (tertiary/aromatic N) is 4. The predicted octanol–water partition coefficient (Wildman–Crippen LogP) is 3.45. The van der Waals surface area contributed by atoms with Crippen LogP contribution in [0.1, 0.15) is 26.4 Å². The van der Waals surface area contributed by atoms with Gasteiger partial charge in [-0.05, 0) is 48.8 Å². The summed E-state index contributed by atoms with van der Waals surface area (Å²) in [6.45, 7) is 6.29. The lowest BCUT2D eigenvalue weighted by molar-refractivity contribution is 0.0383. The largest absolute Gasteiger partial charge is 0.379 e. The molecule has 1 saturated heterocycles. The molecule has 0 saturated carbocycles. The number of fused-ring (bicyclic) bond motifs is 1. The second-order valence-corrected chi connectivity index (χ2v) is 9.36. The molecule has 11 heteroatoms. The number of hydrogen-bond acceptors (Lipinski definition) is 9.